The van der Waals surface area contributed by atoms with Gasteiger partial charge in [0, 0.05) is 27.0 Å². The highest BCUT2D eigenvalue weighted by atomic mass is 16.5. The molecule has 3 amide bonds. The number of carbonyl (C=O) groups excluding carboxylic acids is 4. The van der Waals surface area contributed by atoms with Crippen LogP contribution in [0.4, 0.5) is 0 Å². The molecule has 0 heterocycles. The first kappa shape index (κ1) is 24.0. The van der Waals surface area contributed by atoms with E-state index in [-0.39, 0.29) is 26.0 Å². The molecule has 0 aliphatic heterocycles. The number of carbonyl (C=O) groups is 4. The lowest BCUT2D eigenvalue weighted by Gasteiger charge is -2.22. The molecular weight excluding hydrogens is 376 g/mol. The smallest absolute Gasteiger partial charge is 0.245 e. The highest BCUT2D eigenvalue weighted by Crippen LogP contribution is 2.04. The maximum Gasteiger partial charge on any atom is 0.245 e. The average molecular weight is 404 g/mol. The number of amides is 3. The normalized spacial score (nSPS) is 12.4. The third-order valence-electron chi connectivity index (χ3n) is 4.09. The predicted molar refractivity (Wildman–Crippen MR) is 107 cm³/mol. The molecule has 4 N–H and O–H groups in total. The van der Waals surface area contributed by atoms with Gasteiger partial charge in [0.1, 0.15) is 12.1 Å². The molecule has 158 valence electrons. The molecule has 1 aromatic carbocycles. The number of ketones is 1. The molecule has 0 bridgehead atoms. The first-order valence-corrected chi connectivity index (χ1v) is 9.19. The molecule has 29 heavy (non-hydrogen) atoms. The fourth-order valence-corrected chi connectivity index (χ4v) is 2.51. The molecule has 2 atom stereocenters. The van der Waals surface area contributed by atoms with Crippen molar-refractivity contribution in [3.8, 4) is 0 Å². The number of rotatable bonds is 12. The molecule has 0 saturated carbocycles. The van der Waals surface area contributed by atoms with Crippen molar-refractivity contribution >= 4 is 29.7 Å². The molecule has 1 rings (SSSR count). The maximum atomic E-state index is 12.6. The molecule has 0 spiro atoms. The Morgan fingerprint density at radius 2 is 1.72 bits per heavy atom. The third-order valence-corrected chi connectivity index (χ3v) is 4.09. The zero-order chi connectivity index (χ0) is 21.8. The van der Waals surface area contributed by atoms with Crippen molar-refractivity contribution in [3.63, 3.8) is 0 Å². The van der Waals surface area contributed by atoms with Gasteiger partial charge in [0.25, 0.3) is 0 Å². The van der Waals surface area contributed by atoms with Gasteiger partial charge in [-0.25, -0.2) is 0 Å². The molecule has 0 aromatic heterocycles. The summed E-state index contributed by atoms with van der Waals surface area (Å²) in [4.78, 5) is 47.9. The van der Waals surface area contributed by atoms with E-state index in [0.717, 1.165) is 11.1 Å². The summed E-state index contributed by atoms with van der Waals surface area (Å²) in [6, 6.07) is 5.65. The van der Waals surface area contributed by atoms with Gasteiger partial charge in [-0.1, -0.05) is 29.8 Å². The van der Waals surface area contributed by atoms with Crippen LogP contribution in [0.1, 0.15) is 30.9 Å². The van der Waals surface area contributed by atoms with Crippen LogP contribution in [0.2, 0.25) is 0 Å². The average Bonchev–Trinajstić information content (AvgIpc) is 2.69. The Morgan fingerprint density at radius 3 is 2.28 bits per heavy atom. The van der Waals surface area contributed by atoms with E-state index in [1.807, 2.05) is 31.2 Å². The van der Waals surface area contributed by atoms with Crippen molar-refractivity contribution in [3.05, 3.63) is 35.4 Å². The largest absolute Gasteiger partial charge is 0.382 e. The van der Waals surface area contributed by atoms with Crippen molar-refractivity contribution in [2.75, 3.05) is 13.7 Å². The van der Waals surface area contributed by atoms with Crippen molar-refractivity contribution in [1.29, 1.82) is 5.41 Å². The second kappa shape index (κ2) is 12.4. The minimum atomic E-state index is -0.995. The van der Waals surface area contributed by atoms with Gasteiger partial charge in [-0.3, -0.25) is 19.2 Å². The van der Waals surface area contributed by atoms with Gasteiger partial charge in [-0.05, 0) is 18.9 Å². The lowest BCUT2D eigenvalue weighted by atomic mass is 10.1. The van der Waals surface area contributed by atoms with Crippen molar-refractivity contribution < 1.29 is 23.9 Å². The van der Waals surface area contributed by atoms with E-state index in [1.165, 1.54) is 14.0 Å². The van der Waals surface area contributed by atoms with Gasteiger partial charge in [0.2, 0.25) is 17.7 Å². The molecule has 1 aromatic rings. The van der Waals surface area contributed by atoms with Gasteiger partial charge in [0.05, 0.1) is 12.8 Å². The number of aryl methyl sites for hydroxylation is 1. The zero-order valence-electron chi connectivity index (χ0n) is 16.9. The lowest BCUT2D eigenvalue weighted by Crippen LogP contribution is -2.54. The molecule has 9 heteroatoms. The van der Waals surface area contributed by atoms with Gasteiger partial charge >= 0.3 is 0 Å². The Morgan fingerprint density at radius 1 is 1.07 bits per heavy atom. The van der Waals surface area contributed by atoms with Crippen molar-refractivity contribution in [1.82, 2.24) is 16.0 Å². The zero-order valence-corrected chi connectivity index (χ0v) is 16.9. The molecule has 0 aliphatic rings. The van der Waals surface area contributed by atoms with E-state index >= 15 is 0 Å². The number of hydrogen-bond donors (Lipinski definition) is 4. The van der Waals surface area contributed by atoms with Crippen LogP contribution < -0.4 is 16.0 Å². The molecule has 0 fully saturated rings. The highest BCUT2D eigenvalue weighted by molar-refractivity contribution is 6.26. The van der Waals surface area contributed by atoms with Crippen molar-refractivity contribution in [2.45, 2.75) is 45.3 Å². The molecular formula is C20H28N4O5. The van der Waals surface area contributed by atoms with E-state index in [4.69, 9.17) is 10.1 Å². The van der Waals surface area contributed by atoms with Crippen LogP contribution in [0, 0.1) is 12.3 Å². The van der Waals surface area contributed by atoms with Gasteiger partial charge in [0.15, 0.2) is 5.78 Å². The molecule has 0 aliphatic carbocycles. The van der Waals surface area contributed by atoms with Crippen LogP contribution in [-0.4, -0.2) is 55.5 Å². The summed E-state index contributed by atoms with van der Waals surface area (Å²) in [5.41, 5.74) is 1.98. The Kier molecular flexibility index (Phi) is 10.2. The molecule has 0 radical (unpaired) electrons. The van der Waals surface area contributed by atoms with Crippen molar-refractivity contribution in [2.24, 2.45) is 0 Å². The van der Waals surface area contributed by atoms with Crippen LogP contribution in [0.3, 0.4) is 0 Å². The van der Waals surface area contributed by atoms with Crippen LogP contribution in [-0.2, 0) is 30.5 Å². The summed E-state index contributed by atoms with van der Waals surface area (Å²) >= 11 is 0. The number of ether oxygens (including phenoxy) is 1. The number of nitrogens with one attached hydrogen (secondary N) is 4. The highest BCUT2D eigenvalue weighted by Gasteiger charge is 2.26. The van der Waals surface area contributed by atoms with E-state index in [1.54, 1.807) is 0 Å². The molecule has 0 saturated heterocycles. The summed E-state index contributed by atoms with van der Waals surface area (Å²) in [5.74, 6) is -1.93. The summed E-state index contributed by atoms with van der Waals surface area (Å²) in [6.07, 6.45) is 0.634. The second-order valence-corrected chi connectivity index (χ2v) is 6.62. The summed E-state index contributed by atoms with van der Waals surface area (Å²) in [6.45, 7) is 3.42. The first-order valence-electron chi connectivity index (χ1n) is 9.19. The molecule has 0 unspecified atom stereocenters. The van der Waals surface area contributed by atoms with Crippen LogP contribution in [0.15, 0.2) is 24.3 Å². The minimum Gasteiger partial charge on any atom is -0.382 e. The summed E-state index contributed by atoms with van der Waals surface area (Å²) in [7, 11) is 1.39. The quantitative estimate of drug-likeness (QED) is 0.370. The Hall–Kier alpha value is -3.07. The van der Waals surface area contributed by atoms with E-state index in [0.29, 0.717) is 6.21 Å². The fourth-order valence-electron chi connectivity index (χ4n) is 2.51. The maximum absolute atomic E-state index is 12.6. The second-order valence-electron chi connectivity index (χ2n) is 6.62. The van der Waals surface area contributed by atoms with E-state index in [9.17, 15) is 19.2 Å². The standard InChI is InChI=1S/C20H28N4O5/c1-13-4-6-15(7-5-13)11-22-19(27)17(9-8-16(26)10-21)24-20(28)18(12-29-3)23-14(2)25/h4-7,10,17-18,21H,8-9,11-12H2,1-3H3,(H,22,27)(H,23,25)(H,24,28)/t17-,18-/m0/s1. The van der Waals surface area contributed by atoms with Crippen LogP contribution >= 0.6 is 0 Å². The first-order chi connectivity index (χ1) is 13.8. The van der Waals surface area contributed by atoms with E-state index < -0.39 is 35.6 Å². The number of methoxy groups -OCH3 is 1. The topological polar surface area (TPSA) is 137 Å². The third kappa shape index (κ3) is 9.11. The number of benzene rings is 1. The van der Waals surface area contributed by atoms with Crippen LogP contribution in [0.5, 0.6) is 0 Å². The summed E-state index contributed by atoms with van der Waals surface area (Å²) < 4.78 is 4.94. The molecule has 9 nitrogen and oxygen atoms in total. The monoisotopic (exact) mass is 404 g/mol. The van der Waals surface area contributed by atoms with Gasteiger partial charge < -0.3 is 26.1 Å². The predicted octanol–water partition coefficient (Wildman–Crippen LogP) is 0.246. The van der Waals surface area contributed by atoms with Crippen LogP contribution in [0.25, 0.3) is 0 Å². The Labute approximate surface area is 170 Å². The summed E-state index contributed by atoms with van der Waals surface area (Å²) in [5, 5.41) is 14.7. The minimum absolute atomic E-state index is 0.0272. The number of Topliss-reactive ketones (excluding diaryl/α,β-unsaturated/α-hetero) is 1. The lowest BCUT2D eigenvalue weighted by molar-refractivity contribution is -0.133. The Balaban J connectivity index is 2.81. The van der Waals surface area contributed by atoms with Gasteiger partial charge in [-0.2, -0.15) is 0 Å². The Bertz CT molecular complexity index is 733. The van der Waals surface area contributed by atoms with E-state index in [2.05, 4.69) is 16.0 Å². The van der Waals surface area contributed by atoms with Gasteiger partial charge in [-0.15, -0.1) is 0 Å². The fraction of sp³-hybridized carbons (Fsp3) is 0.450. The number of hydrogen-bond acceptors (Lipinski definition) is 6. The SMILES string of the molecule is COC[C@H](NC(C)=O)C(=O)N[C@@H](CCC(=O)C=N)C(=O)NCc1ccc(C)cc1.